The topological polar surface area (TPSA) is 76.0 Å². The second-order valence-corrected chi connectivity index (χ2v) is 8.58. The van der Waals surface area contributed by atoms with Crippen LogP contribution in [0.4, 0.5) is 110 Å². The van der Waals surface area contributed by atoms with Crippen LogP contribution in [-0.4, -0.2) is 93.9 Å². The molecule has 0 bridgehead atoms. The van der Waals surface area contributed by atoms with Crippen molar-refractivity contribution in [2.45, 2.75) is 84.6 Å². The Bertz CT molecular complexity index is 1190. The number of carbonyl (C=O) groups excluding carboxylic acids is 1. The van der Waals surface area contributed by atoms with Crippen molar-refractivity contribution in [1.29, 1.82) is 0 Å². The van der Waals surface area contributed by atoms with Gasteiger partial charge < -0.3 is 14.9 Å². The second kappa shape index (κ2) is 11.2. The van der Waals surface area contributed by atoms with Crippen molar-refractivity contribution in [2.75, 3.05) is 0 Å². The fourth-order valence-corrected chi connectivity index (χ4v) is 2.52. The van der Waals surface area contributed by atoms with Gasteiger partial charge in [-0.05, 0) is 6.92 Å². The molecule has 0 amide bonds. The molecule has 0 spiro atoms. The Balaban J connectivity index is 8.40. The summed E-state index contributed by atoms with van der Waals surface area (Å²) in [5, 5.41) is 17.2. The lowest BCUT2D eigenvalue weighted by atomic mass is 9.84. The summed E-state index contributed by atoms with van der Waals surface area (Å²) >= 11 is 0. The van der Waals surface area contributed by atoms with Crippen molar-refractivity contribution >= 4 is 5.97 Å². The van der Waals surface area contributed by atoms with Crippen LogP contribution >= 0.6 is 0 Å². The van der Waals surface area contributed by atoms with Crippen molar-refractivity contribution in [3.05, 3.63) is 12.2 Å². The second-order valence-electron chi connectivity index (χ2n) is 8.58. The van der Waals surface area contributed by atoms with Gasteiger partial charge in [0.2, 0.25) is 0 Å². The largest absolute Gasteiger partial charge is 0.483 e. The Morgan fingerprint density at radius 1 is 0.489 bits per heavy atom. The zero-order valence-electron chi connectivity index (χ0n) is 20.8. The van der Waals surface area contributed by atoms with E-state index < -0.39 is 89.2 Å². The summed E-state index contributed by atoms with van der Waals surface area (Å²) in [7, 11) is 0. The molecule has 0 aromatic rings. The standard InChI is InChI=1S/C17H7F25O5/c1-3(2)4(43)46-13(12(32,44)16(39,40)45,47-17(41,42)15(36,37)38)10(28,29)8(24,25)6(20,21)5(18,19)7(22,23)9(26,27)11(30,31)14(33,34)35/h44-45H,1H2,2H3. The average Bonchev–Trinajstić information content (AvgIpc) is 2.79. The van der Waals surface area contributed by atoms with Gasteiger partial charge in [-0.1, -0.05) is 6.58 Å². The van der Waals surface area contributed by atoms with Crippen molar-refractivity contribution in [2.24, 2.45) is 0 Å². The molecule has 0 saturated heterocycles. The maximum Gasteiger partial charge on any atom is 0.483 e. The van der Waals surface area contributed by atoms with Gasteiger partial charge >= 0.3 is 83.6 Å². The Labute approximate surface area is 238 Å². The summed E-state index contributed by atoms with van der Waals surface area (Å²) in [6.07, 6.45) is -32.4. The molecule has 47 heavy (non-hydrogen) atoms. The summed E-state index contributed by atoms with van der Waals surface area (Å²) in [5.74, 6) is -86.8. The summed E-state index contributed by atoms with van der Waals surface area (Å²) in [5.41, 5.74) is -2.08. The van der Waals surface area contributed by atoms with Gasteiger partial charge in [-0.25, -0.2) is 4.79 Å². The number of hydrogen-bond donors (Lipinski definition) is 2. The summed E-state index contributed by atoms with van der Waals surface area (Å²) < 4.78 is 341. The number of esters is 1. The molecule has 5 nitrogen and oxygen atoms in total. The van der Waals surface area contributed by atoms with Crippen LogP contribution in [0.15, 0.2) is 12.2 Å². The highest BCUT2D eigenvalue weighted by molar-refractivity contribution is 5.87. The van der Waals surface area contributed by atoms with Gasteiger partial charge in [0.1, 0.15) is 0 Å². The number of ether oxygens (including phenoxy) is 2. The quantitative estimate of drug-likeness (QED) is 0.0897. The smallest absolute Gasteiger partial charge is 0.416 e. The summed E-state index contributed by atoms with van der Waals surface area (Å²) in [4.78, 5) is 11.5. The minimum absolute atomic E-state index is 0.175. The predicted molar refractivity (Wildman–Crippen MR) is 89.6 cm³/mol. The molecule has 2 unspecified atom stereocenters. The average molecular weight is 766 g/mol. The molecule has 2 N–H and O–H groups in total. The molecule has 280 valence electrons. The van der Waals surface area contributed by atoms with E-state index in [9.17, 15) is 115 Å². The Morgan fingerprint density at radius 2 is 0.766 bits per heavy atom. The molecule has 30 heteroatoms. The molecular formula is C17H7F25O5. The van der Waals surface area contributed by atoms with Crippen LogP contribution in [0.3, 0.4) is 0 Å². The molecule has 0 rings (SSSR count). The molecule has 0 heterocycles. The van der Waals surface area contributed by atoms with E-state index in [0.717, 1.165) is 0 Å². The first-order chi connectivity index (χ1) is 19.8. The van der Waals surface area contributed by atoms with Gasteiger partial charge in [0.15, 0.2) is 0 Å². The first-order valence-corrected chi connectivity index (χ1v) is 10.0. The van der Waals surface area contributed by atoms with Gasteiger partial charge in [0, 0.05) is 5.57 Å². The molecule has 0 aromatic carbocycles. The van der Waals surface area contributed by atoms with Crippen LogP contribution in [0.25, 0.3) is 0 Å². The lowest BCUT2D eigenvalue weighted by molar-refractivity contribution is -0.561. The molecule has 0 aromatic heterocycles. The molecule has 0 fully saturated rings. The molecule has 2 atom stereocenters. The fraction of sp³-hybridized carbons (Fsp3) is 0.824. The number of alkyl halides is 25. The molecule has 0 saturated carbocycles. The van der Waals surface area contributed by atoms with Crippen LogP contribution in [0.1, 0.15) is 6.92 Å². The highest BCUT2D eigenvalue weighted by Crippen LogP contribution is 2.67. The van der Waals surface area contributed by atoms with Crippen molar-refractivity contribution < 1.29 is 134 Å². The Morgan fingerprint density at radius 3 is 1.00 bits per heavy atom. The minimum atomic E-state index is -9.78. The molecular weight excluding hydrogens is 759 g/mol. The van der Waals surface area contributed by atoms with E-state index in [1.54, 1.807) is 0 Å². The number of rotatable bonds is 13. The normalized spacial score (nSPS) is 18.4. The Kier molecular flexibility index (Phi) is 10.6. The van der Waals surface area contributed by atoms with E-state index in [2.05, 4.69) is 11.3 Å². The van der Waals surface area contributed by atoms with E-state index in [-0.39, 0.29) is 6.92 Å². The predicted octanol–water partition coefficient (Wildman–Crippen LogP) is 7.23. The van der Waals surface area contributed by atoms with E-state index in [1.165, 1.54) is 4.74 Å². The third kappa shape index (κ3) is 5.97. The van der Waals surface area contributed by atoms with Gasteiger partial charge in [-0.2, -0.15) is 110 Å². The highest BCUT2D eigenvalue weighted by atomic mass is 19.4. The highest BCUT2D eigenvalue weighted by Gasteiger charge is 2.99. The SMILES string of the molecule is C=C(C)C(=O)OC(OC(F)(F)C(F)(F)F)(C(O)(F)C(O)(F)F)C(F)(F)C(F)(F)C(F)(F)C(F)(F)C(F)(F)C(F)(F)C(F)(F)C(F)(F)F. The monoisotopic (exact) mass is 766 g/mol. The Hall–Kier alpha value is -2.66. The van der Waals surface area contributed by atoms with E-state index in [4.69, 9.17) is 10.2 Å². The zero-order valence-corrected chi connectivity index (χ0v) is 20.8. The van der Waals surface area contributed by atoms with Crippen LogP contribution in [0.2, 0.25) is 0 Å². The number of aliphatic hydroxyl groups is 2. The zero-order chi connectivity index (χ0) is 39.1. The number of carbonyl (C=O) groups is 1. The van der Waals surface area contributed by atoms with Crippen molar-refractivity contribution in [1.82, 2.24) is 0 Å². The summed E-state index contributed by atoms with van der Waals surface area (Å²) in [6.45, 7) is 1.95. The lowest BCUT2D eigenvalue weighted by Gasteiger charge is -2.50. The van der Waals surface area contributed by atoms with Gasteiger partial charge in [0.05, 0.1) is 0 Å². The first-order valence-electron chi connectivity index (χ1n) is 10.0. The minimum Gasteiger partial charge on any atom is -0.416 e. The van der Waals surface area contributed by atoms with Gasteiger partial charge in [0.25, 0.3) is 0 Å². The molecule has 0 radical (unpaired) electrons. The lowest BCUT2D eigenvalue weighted by Crippen LogP contribution is -2.82. The third-order valence-corrected chi connectivity index (χ3v) is 5.16. The molecule has 0 aliphatic carbocycles. The van der Waals surface area contributed by atoms with Gasteiger partial charge in [-0.15, -0.1) is 0 Å². The maximum absolute atomic E-state index is 14.9. The van der Waals surface area contributed by atoms with Crippen molar-refractivity contribution in [3.63, 3.8) is 0 Å². The molecule has 0 aliphatic heterocycles. The molecule has 0 aliphatic rings. The fourth-order valence-electron chi connectivity index (χ4n) is 2.52. The number of halogens is 25. The van der Waals surface area contributed by atoms with Crippen LogP contribution in [0, 0.1) is 0 Å². The van der Waals surface area contributed by atoms with Crippen molar-refractivity contribution in [3.8, 4) is 0 Å². The van der Waals surface area contributed by atoms with Crippen LogP contribution < -0.4 is 0 Å². The van der Waals surface area contributed by atoms with E-state index in [1.807, 2.05) is 0 Å². The van der Waals surface area contributed by atoms with E-state index in [0.29, 0.717) is 0 Å². The maximum atomic E-state index is 14.9. The number of hydrogen-bond acceptors (Lipinski definition) is 5. The van der Waals surface area contributed by atoms with E-state index >= 15 is 0 Å². The summed E-state index contributed by atoms with van der Waals surface area (Å²) in [6, 6.07) is 0. The first kappa shape index (κ1) is 44.3. The van der Waals surface area contributed by atoms with Crippen LogP contribution in [-0.2, 0) is 14.3 Å². The third-order valence-electron chi connectivity index (χ3n) is 5.16. The van der Waals surface area contributed by atoms with Gasteiger partial charge in [-0.3, -0.25) is 4.74 Å². The van der Waals surface area contributed by atoms with Crippen LogP contribution in [0.5, 0.6) is 0 Å².